The lowest BCUT2D eigenvalue weighted by Crippen LogP contribution is -2.35. The van der Waals surface area contributed by atoms with Crippen molar-refractivity contribution >= 4 is 35.0 Å². The predicted molar refractivity (Wildman–Crippen MR) is 126 cm³/mol. The number of rotatable bonds is 8. The normalized spacial score (nSPS) is 14.8. The van der Waals surface area contributed by atoms with E-state index in [1.54, 1.807) is 0 Å². The van der Waals surface area contributed by atoms with Gasteiger partial charge in [-0.05, 0) is 62.9 Å². The zero-order chi connectivity index (χ0) is 21.3. The fraction of sp³-hybridized carbons (Fsp3) is 0.417. The van der Waals surface area contributed by atoms with Crippen LogP contribution >= 0.6 is 11.8 Å². The van der Waals surface area contributed by atoms with Crippen molar-refractivity contribution in [3.63, 3.8) is 0 Å². The zero-order valence-electron chi connectivity index (χ0n) is 17.8. The molecule has 1 atom stereocenters. The number of hydrogen-bond donors (Lipinski definition) is 2. The molecule has 0 aromatic heterocycles. The first kappa shape index (κ1) is 22.2. The van der Waals surface area contributed by atoms with Crippen molar-refractivity contribution < 1.29 is 9.59 Å². The summed E-state index contributed by atoms with van der Waals surface area (Å²) in [6.45, 7) is 5.98. The van der Waals surface area contributed by atoms with Crippen LogP contribution < -0.4 is 15.5 Å². The van der Waals surface area contributed by atoms with Gasteiger partial charge < -0.3 is 15.5 Å². The molecule has 2 aromatic rings. The Morgan fingerprint density at radius 1 is 1.07 bits per heavy atom. The fourth-order valence-electron chi connectivity index (χ4n) is 3.47. The van der Waals surface area contributed by atoms with E-state index >= 15 is 0 Å². The number of carbonyl (C=O) groups excluding carboxylic acids is 2. The molecule has 0 saturated carbocycles. The lowest BCUT2D eigenvalue weighted by molar-refractivity contribution is -0.113. The molecular weight excluding hydrogens is 394 g/mol. The highest BCUT2D eigenvalue weighted by atomic mass is 32.2. The van der Waals surface area contributed by atoms with E-state index < -0.39 is 0 Å². The molecule has 1 aliphatic rings. The summed E-state index contributed by atoms with van der Waals surface area (Å²) in [5.41, 5.74) is 2.24. The Labute approximate surface area is 183 Å². The highest BCUT2D eigenvalue weighted by Crippen LogP contribution is 2.28. The van der Waals surface area contributed by atoms with Gasteiger partial charge >= 0.3 is 0 Å². The van der Waals surface area contributed by atoms with Crippen LogP contribution in [0.4, 0.5) is 11.4 Å². The van der Waals surface area contributed by atoms with Crippen molar-refractivity contribution in [3.05, 3.63) is 54.1 Å². The molecule has 30 heavy (non-hydrogen) atoms. The zero-order valence-corrected chi connectivity index (χ0v) is 18.6. The summed E-state index contributed by atoms with van der Waals surface area (Å²) >= 11 is 1.50. The van der Waals surface area contributed by atoms with Crippen LogP contribution in [0.15, 0.2) is 53.4 Å². The van der Waals surface area contributed by atoms with E-state index in [0.29, 0.717) is 17.0 Å². The molecule has 2 aromatic carbocycles. The largest absolute Gasteiger partial charge is 0.371 e. The molecule has 2 N–H and O–H groups in total. The summed E-state index contributed by atoms with van der Waals surface area (Å²) in [5.74, 6) is 0.161. The Morgan fingerprint density at radius 2 is 1.80 bits per heavy atom. The van der Waals surface area contributed by atoms with Crippen LogP contribution in [-0.4, -0.2) is 36.7 Å². The van der Waals surface area contributed by atoms with Gasteiger partial charge in [0, 0.05) is 35.4 Å². The van der Waals surface area contributed by atoms with Crippen molar-refractivity contribution in [2.24, 2.45) is 0 Å². The van der Waals surface area contributed by atoms with Gasteiger partial charge in [0.05, 0.1) is 11.3 Å². The Kier molecular flexibility index (Phi) is 8.20. The molecule has 1 fully saturated rings. The number of nitrogens with zero attached hydrogens (tertiary/aromatic N) is 1. The molecule has 0 aliphatic carbocycles. The van der Waals surface area contributed by atoms with Crippen molar-refractivity contribution in [2.75, 3.05) is 29.1 Å². The highest BCUT2D eigenvalue weighted by Gasteiger charge is 2.20. The third-order valence-corrected chi connectivity index (χ3v) is 6.34. The monoisotopic (exact) mass is 425 g/mol. The maximum Gasteiger partial charge on any atom is 0.253 e. The van der Waals surface area contributed by atoms with Crippen LogP contribution in [0.2, 0.25) is 0 Å². The molecule has 1 aliphatic heterocycles. The summed E-state index contributed by atoms with van der Waals surface area (Å²) < 4.78 is 0. The predicted octanol–water partition coefficient (Wildman–Crippen LogP) is 4.94. The lowest BCUT2D eigenvalue weighted by Gasteiger charge is -2.31. The summed E-state index contributed by atoms with van der Waals surface area (Å²) in [6, 6.07) is 15.6. The van der Waals surface area contributed by atoms with Crippen molar-refractivity contribution in [2.45, 2.75) is 50.5 Å². The molecule has 0 bridgehead atoms. The summed E-state index contributed by atoms with van der Waals surface area (Å²) in [6.07, 6.45) is 4.39. The number of carbonyl (C=O) groups is 2. The van der Waals surface area contributed by atoms with E-state index in [2.05, 4.69) is 22.5 Å². The number of thioether (sulfide) groups is 1. The van der Waals surface area contributed by atoms with Crippen molar-refractivity contribution in [3.8, 4) is 0 Å². The van der Waals surface area contributed by atoms with Crippen LogP contribution in [-0.2, 0) is 4.79 Å². The Morgan fingerprint density at radius 3 is 2.50 bits per heavy atom. The number of anilines is 2. The SMILES string of the molecule is CC[C@@H](C)NC(=O)c1cc(NC(=O)CSc2ccccc2)ccc1N1CCCCC1. The van der Waals surface area contributed by atoms with E-state index in [1.807, 2.05) is 55.5 Å². The van der Waals surface area contributed by atoms with E-state index in [4.69, 9.17) is 0 Å². The van der Waals surface area contributed by atoms with Gasteiger partial charge in [0.25, 0.3) is 5.91 Å². The Balaban J connectivity index is 1.73. The quantitative estimate of drug-likeness (QED) is 0.589. The van der Waals surface area contributed by atoms with Crippen LogP contribution in [0.1, 0.15) is 49.9 Å². The molecular formula is C24H31N3O2S. The molecule has 6 heteroatoms. The summed E-state index contributed by atoms with van der Waals surface area (Å²) in [7, 11) is 0. The van der Waals surface area contributed by atoms with Crippen LogP contribution in [0, 0.1) is 0 Å². The molecule has 5 nitrogen and oxygen atoms in total. The van der Waals surface area contributed by atoms with Gasteiger partial charge in [0.2, 0.25) is 5.91 Å². The van der Waals surface area contributed by atoms with E-state index in [9.17, 15) is 9.59 Å². The van der Waals surface area contributed by atoms with Gasteiger partial charge in [0.1, 0.15) is 0 Å². The Hall–Kier alpha value is -2.47. The molecule has 2 amide bonds. The number of nitrogens with one attached hydrogen (secondary N) is 2. The number of benzene rings is 2. The van der Waals surface area contributed by atoms with Crippen molar-refractivity contribution in [1.82, 2.24) is 5.32 Å². The second kappa shape index (κ2) is 11.1. The first-order valence-corrected chi connectivity index (χ1v) is 11.7. The maximum absolute atomic E-state index is 13.0. The number of amides is 2. The highest BCUT2D eigenvalue weighted by molar-refractivity contribution is 8.00. The lowest BCUT2D eigenvalue weighted by atomic mass is 10.1. The first-order chi connectivity index (χ1) is 14.6. The molecule has 0 spiro atoms. The number of piperidine rings is 1. The van der Waals surface area contributed by atoms with Crippen molar-refractivity contribution in [1.29, 1.82) is 0 Å². The molecule has 0 unspecified atom stereocenters. The van der Waals surface area contributed by atoms with Crippen LogP contribution in [0.5, 0.6) is 0 Å². The first-order valence-electron chi connectivity index (χ1n) is 10.7. The van der Waals surface area contributed by atoms with Gasteiger partial charge in [-0.3, -0.25) is 9.59 Å². The van der Waals surface area contributed by atoms with Gasteiger partial charge in [-0.15, -0.1) is 11.8 Å². The van der Waals surface area contributed by atoms with Gasteiger partial charge in [-0.25, -0.2) is 0 Å². The molecule has 0 radical (unpaired) electrons. The molecule has 160 valence electrons. The second-order valence-corrected chi connectivity index (χ2v) is 8.76. The third-order valence-electron chi connectivity index (χ3n) is 5.32. The second-order valence-electron chi connectivity index (χ2n) is 7.71. The van der Waals surface area contributed by atoms with Gasteiger partial charge in [-0.1, -0.05) is 25.1 Å². The van der Waals surface area contributed by atoms with E-state index in [0.717, 1.165) is 42.9 Å². The molecule has 3 rings (SSSR count). The minimum atomic E-state index is -0.0836. The molecule has 1 heterocycles. The topological polar surface area (TPSA) is 61.4 Å². The smallest absolute Gasteiger partial charge is 0.253 e. The molecule has 1 saturated heterocycles. The Bertz CT molecular complexity index is 851. The van der Waals surface area contributed by atoms with Crippen LogP contribution in [0.3, 0.4) is 0 Å². The van der Waals surface area contributed by atoms with Gasteiger partial charge in [-0.2, -0.15) is 0 Å². The fourth-order valence-corrected chi connectivity index (χ4v) is 4.19. The minimum Gasteiger partial charge on any atom is -0.371 e. The minimum absolute atomic E-state index is 0.0807. The van der Waals surface area contributed by atoms with Gasteiger partial charge in [0.15, 0.2) is 0 Å². The summed E-state index contributed by atoms with van der Waals surface area (Å²) in [4.78, 5) is 28.7. The standard InChI is InChI=1S/C24H31N3O2S/c1-3-18(2)25-24(29)21-16-19(12-13-22(21)27-14-8-5-9-15-27)26-23(28)17-30-20-10-6-4-7-11-20/h4,6-7,10-13,16,18H,3,5,8-9,14-15,17H2,1-2H3,(H,25,29)(H,26,28)/t18-/m1/s1. The average Bonchev–Trinajstić information content (AvgIpc) is 2.78. The van der Waals surface area contributed by atoms with E-state index in [-0.39, 0.29) is 17.9 Å². The summed E-state index contributed by atoms with van der Waals surface area (Å²) in [5, 5.41) is 6.02. The number of hydrogen-bond acceptors (Lipinski definition) is 4. The maximum atomic E-state index is 13.0. The van der Waals surface area contributed by atoms with E-state index in [1.165, 1.54) is 18.2 Å². The average molecular weight is 426 g/mol. The third kappa shape index (κ3) is 6.26. The van der Waals surface area contributed by atoms with Crippen LogP contribution in [0.25, 0.3) is 0 Å².